The van der Waals surface area contributed by atoms with Gasteiger partial charge in [-0.3, -0.25) is 14.9 Å². The van der Waals surface area contributed by atoms with Crippen LogP contribution in [-0.2, 0) is 4.79 Å². The summed E-state index contributed by atoms with van der Waals surface area (Å²) in [7, 11) is 0. The average Bonchev–Trinajstić information content (AvgIpc) is 3.17. The van der Waals surface area contributed by atoms with E-state index in [4.69, 9.17) is 0 Å². The number of anilines is 1. The maximum Gasteiger partial charge on any atom is 0.274 e. The summed E-state index contributed by atoms with van der Waals surface area (Å²) < 4.78 is 13.1. The number of nitro groups is 1. The van der Waals surface area contributed by atoms with Gasteiger partial charge >= 0.3 is 0 Å². The Morgan fingerprint density at radius 3 is 2.74 bits per heavy atom. The molecule has 1 saturated carbocycles. The number of hydrogen-bond acceptors (Lipinski definition) is 4. The molecule has 0 saturated heterocycles. The van der Waals surface area contributed by atoms with Gasteiger partial charge < -0.3 is 10.6 Å². The lowest BCUT2D eigenvalue weighted by Gasteiger charge is -2.07. The first-order valence-corrected chi connectivity index (χ1v) is 6.03. The fourth-order valence-electron chi connectivity index (χ4n) is 1.66. The van der Waals surface area contributed by atoms with Crippen LogP contribution in [0.4, 0.5) is 15.8 Å². The molecule has 0 radical (unpaired) electrons. The van der Waals surface area contributed by atoms with Crippen molar-refractivity contribution in [1.29, 1.82) is 0 Å². The molecule has 1 aliphatic rings. The van der Waals surface area contributed by atoms with Gasteiger partial charge in [0.05, 0.1) is 11.0 Å². The van der Waals surface area contributed by atoms with Crippen molar-refractivity contribution in [2.45, 2.75) is 12.8 Å². The minimum atomic E-state index is -0.668. The normalized spacial score (nSPS) is 13.9. The maximum absolute atomic E-state index is 13.1. The van der Waals surface area contributed by atoms with E-state index in [9.17, 15) is 19.3 Å². The molecule has 19 heavy (non-hydrogen) atoms. The van der Waals surface area contributed by atoms with Crippen LogP contribution >= 0.6 is 0 Å². The van der Waals surface area contributed by atoms with E-state index in [1.54, 1.807) is 0 Å². The summed E-state index contributed by atoms with van der Waals surface area (Å²) in [4.78, 5) is 21.2. The van der Waals surface area contributed by atoms with E-state index < -0.39 is 10.7 Å². The fourth-order valence-corrected chi connectivity index (χ4v) is 1.66. The average molecular weight is 267 g/mol. The van der Waals surface area contributed by atoms with Crippen LogP contribution in [0.25, 0.3) is 0 Å². The summed E-state index contributed by atoms with van der Waals surface area (Å²) in [6.45, 7) is 0.790. The number of amides is 1. The van der Waals surface area contributed by atoms with Crippen LogP contribution in [0, 0.1) is 21.8 Å². The zero-order valence-corrected chi connectivity index (χ0v) is 10.2. The van der Waals surface area contributed by atoms with Crippen LogP contribution in [0.1, 0.15) is 12.8 Å². The van der Waals surface area contributed by atoms with E-state index in [1.165, 1.54) is 12.1 Å². The van der Waals surface area contributed by atoms with Crippen LogP contribution in [0.5, 0.6) is 0 Å². The molecule has 1 aromatic carbocycles. The van der Waals surface area contributed by atoms with Gasteiger partial charge in [-0.1, -0.05) is 0 Å². The van der Waals surface area contributed by atoms with Crippen molar-refractivity contribution in [1.82, 2.24) is 5.32 Å². The first-order chi connectivity index (χ1) is 9.06. The minimum Gasteiger partial charge on any atom is -0.383 e. The van der Waals surface area contributed by atoms with Gasteiger partial charge in [-0.2, -0.15) is 0 Å². The molecule has 0 bridgehead atoms. The Balaban J connectivity index is 1.81. The van der Waals surface area contributed by atoms with Gasteiger partial charge in [-0.15, -0.1) is 0 Å². The molecular formula is C12H14FN3O3. The Kier molecular flexibility index (Phi) is 3.94. The monoisotopic (exact) mass is 267 g/mol. The van der Waals surface area contributed by atoms with E-state index in [1.807, 2.05) is 0 Å². The maximum atomic E-state index is 13.1. The van der Waals surface area contributed by atoms with Crippen molar-refractivity contribution in [3.05, 3.63) is 34.1 Å². The predicted molar refractivity (Wildman–Crippen MR) is 67.3 cm³/mol. The van der Waals surface area contributed by atoms with E-state index in [-0.39, 0.29) is 17.5 Å². The minimum absolute atomic E-state index is 0.0343. The summed E-state index contributed by atoms with van der Waals surface area (Å²) in [5.74, 6) is -0.485. The molecule has 0 atom stereocenters. The molecule has 0 heterocycles. The summed E-state index contributed by atoms with van der Waals surface area (Å²) in [6, 6.07) is 3.29. The van der Waals surface area contributed by atoms with Crippen LogP contribution < -0.4 is 10.6 Å². The van der Waals surface area contributed by atoms with Crippen molar-refractivity contribution in [3.8, 4) is 0 Å². The summed E-state index contributed by atoms with van der Waals surface area (Å²) in [6.07, 6.45) is 1.88. The Bertz CT molecular complexity index is 503. The molecule has 7 heteroatoms. The lowest BCUT2D eigenvalue weighted by molar-refractivity contribution is -0.385. The summed E-state index contributed by atoms with van der Waals surface area (Å²) in [5.41, 5.74) is 0.0249. The van der Waals surface area contributed by atoms with Crippen LogP contribution in [0.3, 0.4) is 0 Å². The lowest BCUT2D eigenvalue weighted by Crippen LogP contribution is -2.29. The Morgan fingerprint density at radius 1 is 1.37 bits per heavy atom. The number of non-ortho nitro benzene ring substituents is 1. The largest absolute Gasteiger partial charge is 0.383 e. The van der Waals surface area contributed by atoms with Crippen molar-refractivity contribution in [2.24, 2.45) is 5.92 Å². The van der Waals surface area contributed by atoms with Gasteiger partial charge in [0.2, 0.25) is 5.91 Å². The Hall–Kier alpha value is -2.18. The molecule has 0 spiro atoms. The highest BCUT2D eigenvalue weighted by Crippen LogP contribution is 2.28. The number of nitrogens with zero attached hydrogens (tertiary/aromatic N) is 1. The first kappa shape index (κ1) is 13.3. The molecule has 1 amide bonds. The highest BCUT2D eigenvalue weighted by molar-refractivity contribution is 5.80. The Morgan fingerprint density at radius 2 is 2.11 bits per heavy atom. The number of carbonyl (C=O) groups excluding carboxylic acids is 1. The number of carbonyl (C=O) groups is 1. The van der Waals surface area contributed by atoms with E-state index in [0.29, 0.717) is 18.8 Å². The number of nitrogens with one attached hydrogen (secondary N) is 2. The van der Waals surface area contributed by atoms with E-state index in [2.05, 4.69) is 10.6 Å². The number of rotatable bonds is 6. The number of nitro benzene ring substituents is 1. The second-order valence-electron chi connectivity index (χ2n) is 4.45. The van der Waals surface area contributed by atoms with Crippen molar-refractivity contribution >= 4 is 17.3 Å². The molecule has 1 fully saturated rings. The van der Waals surface area contributed by atoms with Gasteiger partial charge in [0.25, 0.3) is 5.69 Å². The van der Waals surface area contributed by atoms with Crippen molar-refractivity contribution < 1.29 is 14.1 Å². The molecule has 6 nitrogen and oxygen atoms in total. The third-order valence-electron chi connectivity index (χ3n) is 2.79. The SMILES string of the molecule is O=C(NCCNc1cc(F)cc([N+](=O)[O-])c1)C1CC1. The number of benzene rings is 1. The molecule has 2 N–H and O–H groups in total. The third kappa shape index (κ3) is 3.90. The summed E-state index contributed by atoms with van der Waals surface area (Å²) in [5, 5.41) is 16.1. The van der Waals surface area contributed by atoms with Gasteiger partial charge in [-0.05, 0) is 18.9 Å². The molecular weight excluding hydrogens is 253 g/mol. The second-order valence-corrected chi connectivity index (χ2v) is 4.45. The third-order valence-corrected chi connectivity index (χ3v) is 2.79. The van der Waals surface area contributed by atoms with E-state index >= 15 is 0 Å². The van der Waals surface area contributed by atoms with Gasteiger partial charge in [0.15, 0.2) is 0 Å². The molecule has 0 aliphatic heterocycles. The molecule has 102 valence electrons. The van der Waals surface area contributed by atoms with E-state index in [0.717, 1.165) is 18.9 Å². The summed E-state index contributed by atoms with van der Waals surface area (Å²) >= 11 is 0. The highest BCUT2D eigenvalue weighted by atomic mass is 19.1. The second kappa shape index (κ2) is 5.64. The van der Waals surface area contributed by atoms with Gasteiger partial charge in [0, 0.05) is 30.8 Å². The lowest BCUT2D eigenvalue weighted by atomic mass is 10.2. The molecule has 2 rings (SSSR count). The molecule has 1 aliphatic carbocycles. The topological polar surface area (TPSA) is 84.3 Å². The van der Waals surface area contributed by atoms with Crippen LogP contribution in [0.2, 0.25) is 0 Å². The van der Waals surface area contributed by atoms with Gasteiger partial charge in [-0.25, -0.2) is 4.39 Å². The fraction of sp³-hybridized carbons (Fsp3) is 0.417. The van der Waals surface area contributed by atoms with Crippen molar-refractivity contribution in [2.75, 3.05) is 18.4 Å². The smallest absolute Gasteiger partial charge is 0.274 e. The van der Waals surface area contributed by atoms with Crippen molar-refractivity contribution in [3.63, 3.8) is 0 Å². The molecule has 0 aromatic heterocycles. The van der Waals surface area contributed by atoms with Crippen LogP contribution in [-0.4, -0.2) is 23.9 Å². The first-order valence-electron chi connectivity index (χ1n) is 6.03. The standard InChI is InChI=1S/C12H14FN3O3/c13-9-5-10(7-11(6-9)16(18)19)14-3-4-15-12(17)8-1-2-8/h5-8,14H,1-4H2,(H,15,17). The molecule has 0 unspecified atom stereocenters. The predicted octanol–water partition coefficient (Wildman–Crippen LogP) is 1.67. The number of halogens is 1. The zero-order valence-electron chi connectivity index (χ0n) is 10.2. The van der Waals surface area contributed by atoms with Crippen LogP contribution in [0.15, 0.2) is 18.2 Å². The van der Waals surface area contributed by atoms with Gasteiger partial charge in [0.1, 0.15) is 5.82 Å². The highest BCUT2D eigenvalue weighted by Gasteiger charge is 2.28. The zero-order chi connectivity index (χ0) is 13.8. The molecule has 1 aromatic rings. The Labute approximate surface area is 109 Å². The quantitative estimate of drug-likeness (QED) is 0.466. The number of hydrogen-bond donors (Lipinski definition) is 2.